The second-order valence-corrected chi connectivity index (χ2v) is 9.87. The lowest BCUT2D eigenvalue weighted by Crippen LogP contribution is -2.41. The number of rotatable bonds is 9. The monoisotopic (exact) mass is 494 g/mol. The summed E-state index contributed by atoms with van der Waals surface area (Å²) in [5.74, 6) is -0.482. The smallest absolute Gasteiger partial charge is 0.337 e. The summed E-state index contributed by atoms with van der Waals surface area (Å²) in [5, 5.41) is 0. The molecular weight excluding hydrogens is 464 g/mol. The number of hydrogen-bond acceptors (Lipinski definition) is 5. The fraction of sp³-hybridized carbons (Fsp3) is 0.296. The fourth-order valence-corrected chi connectivity index (χ4v) is 5.21. The average Bonchev–Trinajstić information content (AvgIpc) is 3.29. The molecule has 0 unspecified atom stereocenters. The highest BCUT2D eigenvalue weighted by atomic mass is 32.3. The number of hydrogen-bond donors (Lipinski definition) is 1. The van der Waals surface area contributed by atoms with Crippen LogP contribution >= 0.6 is 0 Å². The van der Waals surface area contributed by atoms with Gasteiger partial charge in [0, 0.05) is 26.7 Å². The Bertz CT molecular complexity index is 1170. The second kappa shape index (κ2) is 11.1. The van der Waals surface area contributed by atoms with Crippen LogP contribution in [0, 0.1) is 0 Å². The van der Waals surface area contributed by atoms with Crippen molar-refractivity contribution in [1.29, 1.82) is 0 Å². The van der Waals surface area contributed by atoms with Gasteiger partial charge in [-0.2, -0.15) is 8.42 Å². The van der Waals surface area contributed by atoms with Crippen molar-refractivity contribution in [2.45, 2.75) is 24.5 Å². The molecule has 184 valence electrons. The standard InChI is InChI=1S/C27H30N2O5S/c1-28(27(30)26(22-13-7-3-8-14-22)23-15-9-4-10-16-23)25(21-11-5-2-6-12-21)20-29-18-17-24(19-29)34-35(31,32)33/h2-16,24-26H,17-20H2,1H3,(H,31,32,33)/t24-,25-/m1/s1. The van der Waals surface area contributed by atoms with Crippen molar-refractivity contribution in [3.63, 3.8) is 0 Å². The van der Waals surface area contributed by atoms with E-state index in [-0.39, 0.29) is 11.9 Å². The first-order valence-electron chi connectivity index (χ1n) is 11.6. The molecule has 1 saturated heterocycles. The third kappa shape index (κ3) is 6.55. The van der Waals surface area contributed by atoms with Crippen LogP contribution in [0.15, 0.2) is 91.0 Å². The highest BCUT2D eigenvalue weighted by Gasteiger charge is 2.34. The minimum absolute atomic E-state index is 0.0267. The summed E-state index contributed by atoms with van der Waals surface area (Å²) in [7, 11) is -2.68. The lowest BCUT2D eigenvalue weighted by atomic mass is 9.89. The maximum absolute atomic E-state index is 14.1. The molecule has 0 aliphatic carbocycles. The molecule has 35 heavy (non-hydrogen) atoms. The zero-order valence-electron chi connectivity index (χ0n) is 19.6. The predicted octanol–water partition coefficient (Wildman–Crippen LogP) is 3.91. The largest absolute Gasteiger partial charge is 0.397 e. The molecule has 7 nitrogen and oxygen atoms in total. The van der Waals surface area contributed by atoms with Crippen LogP contribution in [0.1, 0.15) is 35.1 Å². The normalized spacial score (nSPS) is 17.4. The van der Waals surface area contributed by atoms with Crippen LogP contribution in [-0.2, 0) is 19.4 Å². The van der Waals surface area contributed by atoms with Crippen LogP contribution in [0.2, 0.25) is 0 Å². The topological polar surface area (TPSA) is 87.2 Å². The van der Waals surface area contributed by atoms with Gasteiger partial charge in [-0.25, -0.2) is 4.18 Å². The highest BCUT2D eigenvalue weighted by molar-refractivity contribution is 7.80. The van der Waals surface area contributed by atoms with Gasteiger partial charge in [0.05, 0.1) is 18.1 Å². The average molecular weight is 495 g/mol. The van der Waals surface area contributed by atoms with Gasteiger partial charge in [0.1, 0.15) is 0 Å². The van der Waals surface area contributed by atoms with Crippen molar-refractivity contribution in [3.05, 3.63) is 108 Å². The first kappa shape index (κ1) is 25.1. The maximum atomic E-state index is 14.1. The molecule has 0 saturated carbocycles. The minimum Gasteiger partial charge on any atom is -0.337 e. The number of carbonyl (C=O) groups is 1. The van der Waals surface area contributed by atoms with Crippen molar-refractivity contribution in [1.82, 2.24) is 9.80 Å². The molecule has 1 aliphatic rings. The summed E-state index contributed by atoms with van der Waals surface area (Å²) in [5.41, 5.74) is 2.83. The maximum Gasteiger partial charge on any atom is 0.397 e. The van der Waals surface area contributed by atoms with E-state index in [4.69, 9.17) is 8.74 Å². The van der Waals surface area contributed by atoms with Crippen LogP contribution in [0.5, 0.6) is 0 Å². The molecule has 8 heteroatoms. The van der Waals surface area contributed by atoms with Crippen molar-refractivity contribution in [3.8, 4) is 0 Å². The van der Waals surface area contributed by atoms with Gasteiger partial charge in [0.2, 0.25) is 5.91 Å². The number of nitrogens with zero attached hydrogens (tertiary/aromatic N) is 2. The minimum atomic E-state index is -4.51. The van der Waals surface area contributed by atoms with Gasteiger partial charge in [0.25, 0.3) is 0 Å². The SMILES string of the molecule is CN(C(=O)C(c1ccccc1)c1ccccc1)[C@H](CN1CC[C@@H](OS(=O)(=O)O)C1)c1ccccc1. The predicted molar refractivity (Wildman–Crippen MR) is 134 cm³/mol. The van der Waals surface area contributed by atoms with Gasteiger partial charge < -0.3 is 4.90 Å². The van der Waals surface area contributed by atoms with E-state index in [9.17, 15) is 13.2 Å². The molecular formula is C27H30N2O5S. The van der Waals surface area contributed by atoms with Crippen LogP contribution in [0.4, 0.5) is 0 Å². The zero-order chi connectivity index (χ0) is 24.8. The summed E-state index contributed by atoms with van der Waals surface area (Å²) in [6.45, 7) is 1.46. The van der Waals surface area contributed by atoms with Gasteiger partial charge in [-0.3, -0.25) is 14.2 Å². The molecule has 2 atom stereocenters. The van der Waals surface area contributed by atoms with E-state index >= 15 is 0 Å². The molecule has 4 rings (SSSR count). The molecule has 1 heterocycles. The van der Waals surface area contributed by atoms with E-state index in [1.54, 1.807) is 4.90 Å². The highest BCUT2D eigenvalue weighted by Crippen LogP contribution is 2.31. The van der Waals surface area contributed by atoms with Crippen LogP contribution < -0.4 is 0 Å². The van der Waals surface area contributed by atoms with Crippen molar-refractivity contribution < 1.29 is 21.9 Å². The van der Waals surface area contributed by atoms with E-state index in [0.29, 0.717) is 26.1 Å². The number of likely N-dealkylation sites (N-methyl/N-ethyl adjacent to an activating group) is 1. The van der Waals surface area contributed by atoms with Gasteiger partial charge in [-0.15, -0.1) is 0 Å². The molecule has 0 spiro atoms. The molecule has 3 aromatic carbocycles. The first-order chi connectivity index (χ1) is 16.8. The molecule has 3 aromatic rings. The van der Waals surface area contributed by atoms with Crippen molar-refractivity contribution in [2.75, 3.05) is 26.7 Å². The number of amides is 1. The Morgan fingerprint density at radius 3 is 1.91 bits per heavy atom. The van der Waals surface area contributed by atoms with Gasteiger partial charge >= 0.3 is 10.4 Å². The molecule has 0 aromatic heterocycles. The summed E-state index contributed by atoms with van der Waals surface area (Å²) >= 11 is 0. The molecule has 1 N–H and O–H groups in total. The molecule has 1 fully saturated rings. The van der Waals surface area contributed by atoms with E-state index < -0.39 is 22.4 Å². The Labute approximate surface area is 206 Å². The third-order valence-electron chi connectivity index (χ3n) is 6.43. The van der Waals surface area contributed by atoms with E-state index in [1.807, 2.05) is 98.0 Å². The molecule has 1 amide bonds. The summed E-state index contributed by atoms with van der Waals surface area (Å²) in [6, 6.07) is 29.1. The van der Waals surface area contributed by atoms with Crippen molar-refractivity contribution >= 4 is 16.3 Å². The fourth-order valence-electron chi connectivity index (χ4n) is 4.71. The third-order valence-corrected chi connectivity index (χ3v) is 6.95. The molecule has 0 bridgehead atoms. The Morgan fingerprint density at radius 1 is 0.943 bits per heavy atom. The number of carbonyl (C=O) groups excluding carboxylic acids is 1. The van der Waals surface area contributed by atoms with E-state index in [1.165, 1.54) is 0 Å². The zero-order valence-corrected chi connectivity index (χ0v) is 20.4. The van der Waals surface area contributed by atoms with E-state index in [0.717, 1.165) is 16.7 Å². The van der Waals surface area contributed by atoms with Crippen LogP contribution in [-0.4, -0.2) is 61.5 Å². The number of benzene rings is 3. The Balaban J connectivity index is 1.61. The van der Waals surface area contributed by atoms with Gasteiger partial charge in [0.15, 0.2) is 0 Å². The van der Waals surface area contributed by atoms with Gasteiger partial charge in [-0.05, 0) is 23.1 Å². The Morgan fingerprint density at radius 2 is 1.43 bits per heavy atom. The molecule has 1 aliphatic heterocycles. The van der Waals surface area contributed by atoms with Crippen LogP contribution in [0.3, 0.4) is 0 Å². The first-order valence-corrected chi connectivity index (χ1v) is 13.0. The molecule has 0 radical (unpaired) electrons. The Hall–Kier alpha value is -3.04. The summed E-state index contributed by atoms with van der Waals surface area (Å²) in [4.78, 5) is 17.9. The summed E-state index contributed by atoms with van der Waals surface area (Å²) < 4.78 is 36.1. The Kier molecular flexibility index (Phi) is 7.97. The second-order valence-electron chi connectivity index (χ2n) is 8.82. The summed E-state index contributed by atoms with van der Waals surface area (Å²) in [6.07, 6.45) is -0.126. The van der Waals surface area contributed by atoms with E-state index in [2.05, 4.69) is 4.90 Å². The van der Waals surface area contributed by atoms with Gasteiger partial charge in [-0.1, -0.05) is 91.0 Å². The quantitative estimate of drug-likeness (QED) is 0.454. The lowest BCUT2D eigenvalue weighted by Gasteiger charge is -2.34. The number of likely N-dealkylation sites (tertiary alicyclic amines) is 1. The van der Waals surface area contributed by atoms with Crippen molar-refractivity contribution in [2.24, 2.45) is 0 Å². The van der Waals surface area contributed by atoms with Crippen LogP contribution in [0.25, 0.3) is 0 Å². The lowest BCUT2D eigenvalue weighted by molar-refractivity contribution is -0.133.